The molecule has 0 saturated carbocycles. The molecule has 1 aliphatic rings. The number of carbonyl (C=O) groups is 1. The smallest absolute Gasteiger partial charge is 0.223 e. The van der Waals surface area contributed by atoms with Crippen LogP contribution in [-0.4, -0.2) is 36.6 Å². The molecule has 28 heavy (non-hydrogen) atoms. The lowest BCUT2D eigenvalue weighted by molar-refractivity contribution is -0.135. The molecular formula is C23H30N2O3. The molecule has 2 aromatic rings. The zero-order valence-electron chi connectivity index (χ0n) is 17.3. The van der Waals surface area contributed by atoms with Gasteiger partial charge in [0, 0.05) is 25.4 Å². The predicted octanol–water partition coefficient (Wildman–Crippen LogP) is 4.20. The van der Waals surface area contributed by atoms with E-state index < -0.39 is 0 Å². The van der Waals surface area contributed by atoms with E-state index in [0.717, 1.165) is 37.3 Å². The second kappa shape index (κ2) is 9.09. The minimum Gasteiger partial charge on any atom is -0.493 e. The SMILES string of the molecule is COc1cc2c(cc1OC)C(C(C)C)N(C(=O)CCCc1cccnc1)CC2. The summed E-state index contributed by atoms with van der Waals surface area (Å²) in [7, 11) is 3.31. The number of amides is 1. The highest BCUT2D eigenvalue weighted by atomic mass is 16.5. The van der Waals surface area contributed by atoms with E-state index in [0.29, 0.717) is 12.3 Å². The van der Waals surface area contributed by atoms with Crippen molar-refractivity contribution in [1.82, 2.24) is 9.88 Å². The van der Waals surface area contributed by atoms with Gasteiger partial charge in [-0.3, -0.25) is 9.78 Å². The van der Waals surface area contributed by atoms with Gasteiger partial charge in [0.15, 0.2) is 11.5 Å². The van der Waals surface area contributed by atoms with Crippen LogP contribution in [0.4, 0.5) is 0 Å². The van der Waals surface area contributed by atoms with Crippen LogP contribution in [0.3, 0.4) is 0 Å². The van der Waals surface area contributed by atoms with Crippen molar-refractivity contribution in [3.63, 3.8) is 0 Å². The number of hydrogen-bond donors (Lipinski definition) is 0. The van der Waals surface area contributed by atoms with Crippen molar-refractivity contribution in [2.24, 2.45) is 5.92 Å². The van der Waals surface area contributed by atoms with E-state index in [9.17, 15) is 4.79 Å². The second-order valence-electron chi connectivity index (χ2n) is 7.65. The fourth-order valence-corrected chi connectivity index (χ4v) is 4.11. The van der Waals surface area contributed by atoms with Gasteiger partial charge in [-0.05, 0) is 60.1 Å². The van der Waals surface area contributed by atoms with E-state index in [1.165, 1.54) is 16.7 Å². The molecule has 0 fully saturated rings. The topological polar surface area (TPSA) is 51.7 Å². The van der Waals surface area contributed by atoms with Crippen molar-refractivity contribution >= 4 is 5.91 Å². The summed E-state index contributed by atoms with van der Waals surface area (Å²) in [5, 5.41) is 0. The fourth-order valence-electron chi connectivity index (χ4n) is 4.11. The minimum atomic E-state index is 0.0643. The highest BCUT2D eigenvalue weighted by Gasteiger charge is 2.33. The molecule has 3 rings (SSSR count). The quantitative estimate of drug-likeness (QED) is 0.720. The Hall–Kier alpha value is -2.56. The van der Waals surface area contributed by atoms with Crippen LogP contribution in [0.1, 0.15) is 49.4 Å². The number of hydrogen-bond acceptors (Lipinski definition) is 4. The van der Waals surface area contributed by atoms with Crippen LogP contribution in [0.15, 0.2) is 36.7 Å². The molecule has 0 N–H and O–H groups in total. The third kappa shape index (κ3) is 4.29. The number of rotatable bonds is 7. The molecule has 0 saturated heterocycles. The number of pyridine rings is 1. The van der Waals surface area contributed by atoms with Gasteiger partial charge in [0.05, 0.1) is 20.3 Å². The fraction of sp³-hybridized carbons (Fsp3) is 0.478. The summed E-state index contributed by atoms with van der Waals surface area (Å²) in [6.07, 6.45) is 6.76. The molecule has 2 heterocycles. The first-order valence-corrected chi connectivity index (χ1v) is 9.98. The Bertz CT molecular complexity index is 805. The van der Waals surface area contributed by atoms with E-state index in [4.69, 9.17) is 9.47 Å². The molecule has 0 aliphatic carbocycles. The van der Waals surface area contributed by atoms with E-state index in [-0.39, 0.29) is 11.9 Å². The average molecular weight is 383 g/mol. The number of aryl methyl sites for hydroxylation is 1. The highest BCUT2D eigenvalue weighted by Crippen LogP contribution is 2.41. The standard InChI is InChI=1S/C23H30N2O3/c1-16(2)23-19-14-21(28-4)20(27-3)13-18(19)10-12-25(23)22(26)9-5-7-17-8-6-11-24-15-17/h6,8,11,13-16,23H,5,7,9-10,12H2,1-4H3. The molecular weight excluding hydrogens is 352 g/mol. The van der Waals surface area contributed by atoms with Gasteiger partial charge in [0.2, 0.25) is 5.91 Å². The summed E-state index contributed by atoms with van der Waals surface area (Å²) in [4.78, 5) is 19.2. The van der Waals surface area contributed by atoms with Crippen LogP contribution in [0.5, 0.6) is 11.5 Å². The molecule has 0 radical (unpaired) electrons. The molecule has 1 unspecified atom stereocenters. The van der Waals surface area contributed by atoms with Crippen LogP contribution in [0.2, 0.25) is 0 Å². The van der Waals surface area contributed by atoms with Gasteiger partial charge in [-0.1, -0.05) is 19.9 Å². The molecule has 1 amide bonds. The minimum absolute atomic E-state index is 0.0643. The van der Waals surface area contributed by atoms with Gasteiger partial charge >= 0.3 is 0 Å². The van der Waals surface area contributed by atoms with E-state index in [1.807, 2.05) is 18.3 Å². The normalized spacial score (nSPS) is 16.0. The molecule has 1 aromatic heterocycles. The van der Waals surface area contributed by atoms with Crippen molar-refractivity contribution in [3.8, 4) is 11.5 Å². The molecule has 150 valence electrons. The van der Waals surface area contributed by atoms with E-state index >= 15 is 0 Å². The third-order valence-corrected chi connectivity index (χ3v) is 5.45. The predicted molar refractivity (Wildman–Crippen MR) is 110 cm³/mol. The zero-order valence-corrected chi connectivity index (χ0v) is 17.3. The lowest BCUT2D eigenvalue weighted by Gasteiger charge is -2.40. The maximum absolute atomic E-state index is 13.0. The molecule has 1 aromatic carbocycles. The highest BCUT2D eigenvalue weighted by molar-refractivity contribution is 5.77. The van der Waals surface area contributed by atoms with Crippen molar-refractivity contribution in [2.45, 2.75) is 45.6 Å². The third-order valence-electron chi connectivity index (χ3n) is 5.45. The largest absolute Gasteiger partial charge is 0.493 e. The van der Waals surface area contributed by atoms with E-state index in [1.54, 1.807) is 20.4 Å². The van der Waals surface area contributed by atoms with E-state index in [2.05, 4.69) is 35.9 Å². The number of carbonyl (C=O) groups excluding carboxylic acids is 1. The van der Waals surface area contributed by atoms with Crippen LogP contribution in [0, 0.1) is 5.92 Å². The summed E-state index contributed by atoms with van der Waals surface area (Å²) in [5.74, 6) is 2.01. The molecule has 0 spiro atoms. The Morgan fingerprint density at radius 2 is 2.00 bits per heavy atom. The van der Waals surface area contributed by atoms with Crippen LogP contribution < -0.4 is 9.47 Å². The summed E-state index contributed by atoms with van der Waals surface area (Å²) < 4.78 is 11.0. The lowest BCUT2D eigenvalue weighted by atomic mass is 9.85. The lowest BCUT2D eigenvalue weighted by Crippen LogP contribution is -2.42. The maximum atomic E-state index is 13.0. The van der Waals surface area contributed by atoms with Crippen molar-refractivity contribution < 1.29 is 14.3 Å². The Labute approximate surface area is 167 Å². The van der Waals surface area contributed by atoms with Gasteiger partial charge in [0.1, 0.15) is 0 Å². The molecule has 0 bridgehead atoms. The number of fused-ring (bicyclic) bond motifs is 1. The number of methoxy groups -OCH3 is 2. The van der Waals surface area contributed by atoms with Crippen molar-refractivity contribution in [3.05, 3.63) is 53.3 Å². The van der Waals surface area contributed by atoms with Crippen LogP contribution >= 0.6 is 0 Å². The molecule has 5 heteroatoms. The Balaban J connectivity index is 1.76. The van der Waals surface area contributed by atoms with Gasteiger partial charge in [-0.2, -0.15) is 0 Å². The molecule has 5 nitrogen and oxygen atoms in total. The Morgan fingerprint density at radius 3 is 2.64 bits per heavy atom. The second-order valence-corrected chi connectivity index (χ2v) is 7.65. The first-order chi connectivity index (χ1) is 13.5. The van der Waals surface area contributed by atoms with Crippen molar-refractivity contribution in [1.29, 1.82) is 0 Å². The summed E-state index contributed by atoms with van der Waals surface area (Å²) in [6.45, 7) is 5.09. The average Bonchev–Trinajstić information content (AvgIpc) is 2.72. The number of ether oxygens (including phenoxy) is 2. The first-order valence-electron chi connectivity index (χ1n) is 9.98. The summed E-state index contributed by atoms with van der Waals surface area (Å²) in [5.41, 5.74) is 3.60. The van der Waals surface area contributed by atoms with Gasteiger partial charge in [0.25, 0.3) is 0 Å². The maximum Gasteiger partial charge on any atom is 0.223 e. The van der Waals surface area contributed by atoms with Crippen LogP contribution in [0.25, 0.3) is 0 Å². The van der Waals surface area contributed by atoms with Crippen molar-refractivity contribution in [2.75, 3.05) is 20.8 Å². The Morgan fingerprint density at radius 1 is 1.25 bits per heavy atom. The Kier molecular flexibility index (Phi) is 6.55. The molecule has 1 atom stereocenters. The molecule has 1 aliphatic heterocycles. The number of nitrogens with zero attached hydrogens (tertiary/aromatic N) is 2. The van der Waals surface area contributed by atoms with Gasteiger partial charge in [-0.25, -0.2) is 0 Å². The van der Waals surface area contributed by atoms with Gasteiger partial charge < -0.3 is 14.4 Å². The number of benzene rings is 1. The monoisotopic (exact) mass is 382 g/mol. The first kappa shape index (κ1) is 20.2. The number of aromatic nitrogens is 1. The zero-order chi connectivity index (χ0) is 20.1. The van der Waals surface area contributed by atoms with Crippen LogP contribution in [-0.2, 0) is 17.6 Å². The van der Waals surface area contributed by atoms with Gasteiger partial charge in [-0.15, -0.1) is 0 Å². The summed E-state index contributed by atoms with van der Waals surface area (Å²) >= 11 is 0. The summed E-state index contributed by atoms with van der Waals surface area (Å²) in [6, 6.07) is 8.18.